The number of carbonyl (C=O) groups is 1. The largest absolute Gasteiger partial charge is 0.351 e. The van der Waals surface area contributed by atoms with Crippen LogP contribution in [0.1, 0.15) is 41.2 Å². The van der Waals surface area contributed by atoms with Crippen LogP contribution in [-0.2, 0) is 6.42 Å². The Morgan fingerprint density at radius 2 is 2.24 bits per heavy atom. The molecular weight excluding hydrogens is 298 g/mol. The van der Waals surface area contributed by atoms with Crippen molar-refractivity contribution in [1.82, 2.24) is 5.32 Å². The number of alkyl halides is 1. The first-order valence-corrected chi connectivity index (χ1v) is 8.07. The molecule has 0 aliphatic rings. The Bertz CT molecular complexity index is 351. The summed E-state index contributed by atoms with van der Waals surface area (Å²) in [7, 11) is 0. The highest BCUT2D eigenvalue weighted by Gasteiger charge is 2.11. The summed E-state index contributed by atoms with van der Waals surface area (Å²) in [5.74, 6) is 0.645. The van der Waals surface area contributed by atoms with E-state index in [9.17, 15) is 4.79 Å². The van der Waals surface area contributed by atoms with Crippen molar-refractivity contribution >= 4 is 33.2 Å². The van der Waals surface area contributed by atoms with Crippen LogP contribution in [0.3, 0.4) is 0 Å². The molecule has 1 aromatic heterocycles. The Kier molecular flexibility index (Phi) is 6.82. The van der Waals surface area contributed by atoms with E-state index in [1.165, 1.54) is 4.88 Å². The van der Waals surface area contributed by atoms with E-state index in [1.54, 1.807) is 11.3 Å². The van der Waals surface area contributed by atoms with Crippen LogP contribution in [0.4, 0.5) is 0 Å². The maximum absolute atomic E-state index is 11.9. The minimum atomic E-state index is 0.0720. The van der Waals surface area contributed by atoms with Crippen LogP contribution in [0, 0.1) is 5.92 Å². The number of hydrogen-bond acceptors (Lipinski definition) is 2. The molecule has 1 atom stereocenters. The number of carbonyl (C=O) groups excluding carboxylic acids is 1. The van der Waals surface area contributed by atoms with Gasteiger partial charge < -0.3 is 5.32 Å². The third-order valence-corrected chi connectivity index (χ3v) is 4.57. The lowest BCUT2D eigenvalue weighted by atomic mass is 10.0. The third-order valence-electron chi connectivity index (χ3n) is 2.88. The second-order valence-corrected chi connectivity index (χ2v) is 6.04. The summed E-state index contributed by atoms with van der Waals surface area (Å²) < 4.78 is 0. The molecule has 0 aliphatic heterocycles. The average Bonchev–Trinajstić information content (AvgIpc) is 2.82. The number of aryl methyl sites for hydroxylation is 1. The number of thiophene rings is 1. The summed E-state index contributed by atoms with van der Waals surface area (Å²) in [6.07, 6.45) is 3.22. The summed E-state index contributed by atoms with van der Waals surface area (Å²) in [5, 5.41) is 4.02. The molecule has 0 spiro atoms. The number of rotatable bonds is 7. The van der Waals surface area contributed by atoms with Gasteiger partial charge in [-0.1, -0.05) is 36.2 Å². The summed E-state index contributed by atoms with van der Waals surface area (Å²) in [6.45, 7) is 5.05. The van der Waals surface area contributed by atoms with Gasteiger partial charge >= 0.3 is 0 Å². The molecule has 0 aliphatic carbocycles. The van der Waals surface area contributed by atoms with Crippen molar-refractivity contribution in [3.8, 4) is 0 Å². The van der Waals surface area contributed by atoms with Crippen LogP contribution in [0.2, 0.25) is 0 Å². The van der Waals surface area contributed by atoms with E-state index < -0.39 is 0 Å². The van der Waals surface area contributed by atoms with Crippen LogP contribution in [0.5, 0.6) is 0 Å². The molecule has 4 heteroatoms. The van der Waals surface area contributed by atoms with Gasteiger partial charge in [-0.2, -0.15) is 0 Å². The fraction of sp³-hybridized carbons (Fsp3) is 0.615. The number of nitrogens with one attached hydrogen (secondary N) is 1. The molecule has 0 aromatic carbocycles. The lowest BCUT2D eigenvalue weighted by molar-refractivity contribution is 0.0950. The highest BCUT2D eigenvalue weighted by atomic mass is 79.9. The molecule has 0 saturated heterocycles. The minimum absolute atomic E-state index is 0.0720. The van der Waals surface area contributed by atoms with Gasteiger partial charge in [-0.25, -0.2) is 0 Å². The van der Waals surface area contributed by atoms with Crippen molar-refractivity contribution in [3.63, 3.8) is 0 Å². The van der Waals surface area contributed by atoms with Crippen LogP contribution >= 0.6 is 27.3 Å². The lowest BCUT2D eigenvalue weighted by Crippen LogP contribution is -2.28. The fourth-order valence-electron chi connectivity index (χ4n) is 1.62. The van der Waals surface area contributed by atoms with Gasteiger partial charge in [0.05, 0.1) is 4.88 Å². The van der Waals surface area contributed by atoms with Crippen molar-refractivity contribution in [1.29, 1.82) is 0 Å². The van der Waals surface area contributed by atoms with Gasteiger partial charge in [-0.15, -0.1) is 11.3 Å². The molecule has 0 fully saturated rings. The van der Waals surface area contributed by atoms with Crippen molar-refractivity contribution in [3.05, 3.63) is 21.9 Å². The average molecular weight is 318 g/mol. The highest BCUT2D eigenvalue weighted by molar-refractivity contribution is 9.09. The van der Waals surface area contributed by atoms with Crippen molar-refractivity contribution in [2.24, 2.45) is 5.92 Å². The van der Waals surface area contributed by atoms with E-state index in [1.807, 2.05) is 12.1 Å². The van der Waals surface area contributed by atoms with E-state index in [-0.39, 0.29) is 5.91 Å². The molecular formula is C13H20BrNOS. The molecule has 0 saturated carbocycles. The van der Waals surface area contributed by atoms with Crippen LogP contribution in [0.25, 0.3) is 0 Å². The SMILES string of the molecule is CCc1ccc(C(=O)NCC(CC)CCBr)s1. The normalized spacial score (nSPS) is 12.4. The van der Waals surface area contributed by atoms with Crippen LogP contribution < -0.4 is 5.32 Å². The van der Waals surface area contributed by atoms with Gasteiger partial charge in [0.15, 0.2) is 0 Å². The lowest BCUT2D eigenvalue weighted by Gasteiger charge is -2.13. The van der Waals surface area contributed by atoms with E-state index in [4.69, 9.17) is 0 Å². The van der Waals surface area contributed by atoms with Crippen molar-refractivity contribution < 1.29 is 4.79 Å². The Morgan fingerprint density at radius 1 is 1.47 bits per heavy atom. The van der Waals surface area contributed by atoms with E-state index >= 15 is 0 Å². The predicted octanol–water partition coefficient (Wildman–Crippen LogP) is 3.85. The maximum atomic E-state index is 11.9. The van der Waals surface area contributed by atoms with Gasteiger partial charge in [-0.3, -0.25) is 4.79 Å². The molecule has 2 nitrogen and oxygen atoms in total. The van der Waals surface area contributed by atoms with Gasteiger partial charge in [0.1, 0.15) is 0 Å². The number of hydrogen-bond donors (Lipinski definition) is 1. The molecule has 1 aromatic rings. The fourth-order valence-corrected chi connectivity index (χ4v) is 3.13. The summed E-state index contributed by atoms with van der Waals surface area (Å²) >= 11 is 5.04. The molecule has 1 heterocycles. The molecule has 1 amide bonds. The molecule has 0 radical (unpaired) electrons. The van der Waals surface area contributed by atoms with Gasteiger partial charge in [-0.05, 0) is 30.9 Å². The van der Waals surface area contributed by atoms with E-state index in [2.05, 4.69) is 35.1 Å². The summed E-state index contributed by atoms with van der Waals surface area (Å²) in [6, 6.07) is 3.96. The molecule has 17 heavy (non-hydrogen) atoms. The first-order valence-electron chi connectivity index (χ1n) is 6.14. The van der Waals surface area contributed by atoms with Crippen molar-refractivity contribution in [2.45, 2.75) is 33.1 Å². The van der Waals surface area contributed by atoms with E-state index in [0.29, 0.717) is 5.92 Å². The Morgan fingerprint density at radius 3 is 2.76 bits per heavy atom. The van der Waals surface area contributed by atoms with Gasteiger partial charge in [0.2, 0.25) is 0 Å². The summed E-state index contributed by atoms with van der Waals surface area (Å²) in [5.41, 5.74) is 0. The smallest absolute Gasteiger partial charge is 0.261 e. The van der Waals surface area contributed by atoms with E-state index in [0.717, 1.165) is 36.0 Å². The summed E-state index contributed by atoms with van der Waals surface area (Å²) in [4.78, 5) is 14.0. The topological polar surface area (TPSA) is 29.1 Å². The van der Waals surface area contributed by atoms with Crippen LogP contribution in [-0.4, -0.2) is 17.8 Å². The Hall–Kier alpha value is -0.350. The molecule has 96 valence electrons. The highest BCUT2D eigenvalue weighted by Crippen LogP contribution is 2.17. The number of amides is 1. The zero-order chi connectivity index (χ0) is 12.7. The quantitative estimate of drug-likeness (QED) is 0.760. The standard InChI is InChI=1S/C13H20BrNOS/c1-3-10(7-8-14)9-15-13(16)12-6-5-11(4-2)17-12/h5-6,10H,3-4,7-9H2,1-2H3,(H,15,16). The monoisotopic (exact) mass is 317 g/mol. The first kappa shape index (κ1) is 14.7. The zero-order valence-corrected chi connectivity index (χ0v) is 12.9. The first-order chi connectivity index (χ1) is 8.21. The second-order valence-electron chi connectivity index (χ2n) is 4.08. The van der Waals surface area contributed by atoms with Gasteiger partial charge in [0, 0.05) is 16.8 Å². The third kappa shape index (κ3) is 4.80. The zero-order valence-electron chi connectivity index (χ0n) is 10.5. The second kappa shape index (κ2) is 7.88. The van der Waals surface area contributed by atoms with Gasteiger partial charge in [0.25, 0.3) is 5.91 Å². The predicted molar refractivity (Wildman–Crippen MR) is 78.2 cm³/mol. The molecule has 1 N–H and O–H groups in total. The Labute approximate surface area is 116 Å². The molecule has 0 bridgehead atoms. The number of halogens is 1. The van der Waals surface area contributed by atoms with Crippen molar-refractivity contribution in [2.75, 3.05) is 11.9 Å². The minimum Gasteiger partial charge on any atom is -0.351 e. The molecule has 1 unspecified atom stereocenters. The van der Waals surface area contributed by atoms with Crippen LogP contribution in [0.15, 0.2) is 12.1 Å². The molecule has 1 rings (SSSR count). The maximum Gasteiger partial charge on any atom is 0.261 e. The Balaban J connectivity index is 2.43.